The molecule has 1 aromatic carbocycles. The Bertz CT molecular complexity index is 474. The maximum absolute atomic E-state index is 11.9. The molecule has 1 aliphatic heterocycles. The van der Waals surface area contributed by atoms with Gasteiger partial charge in [0, 0.05) is 26.0 Å². The highest BCUT2D eigenvalue weighted by Gasteiger charge is 2.39. The Balaban J connectivity index is 1.74. The first-order chi connectivity index (χ1) is 10.0. The molecule has 1 fully saturated rings. The molecule has 1 amide bonds. The third kappa shape index (κ3) is 4.19. The van der Waals surface area contributed by atoms with E-state index in [0.29, 0.717) is 25.9 Å². The summed E-state index contributed by atoms with van der Waals surface area (Å²) in [6, 6.07) is 7.67. The number of amides is 1. The molecule has 2 rings (SSSR count). The molecule has 0 radical (unpaired) electrons. The normalized spacial score (nSPS) is 24.8. The maximum Gasteiger partial charge on any atom is 0.220 e. The molecule has 1 aliphatic rings. The van der Waals surface area contributed by atoms with Crippen LogP contribution in [0.5, 0.6) is 5.75 Å². The number of aryl methyl sites for hydroxylation is 1. The predicted octanol–water partition coefficient (Wildman–Crippen LogP) is 1.28. The van der Waals surface area contributed by atoms with E-state index in [1.54, 1.807) is 7.11 Å². The van der Waals surface area contributed by atoms with Gasteiger partial charge >= 0.3 is 0 Å². The van der Waals surface area contributed by atoms with Crippen LogP contribution in [0.4, 0.5) is 0 Å². The Morgan fingerprint density at radius 2 is 2.19 bits per heavy atom. The van der Waals surface area contributed by atoms with Gasteiger partial charge in [-0.05, 0) is 31.0 Å². The largest absolute Gasteiger partial charge is 0.497 e. The third-order valence-electron chi connectivity index (χ3n) is 4.05. The fraction of sp³-hybridized carbons (Fsp3) is 0.562. The van der Waals surface area contributed by atoms with Crippen molar-refractivity contribution in [2.75, 3.05) is 20.3 Å². The van der Waals surface area contributed by atoms with Crippen LogP contribution in [0.25, 0.3) is 0 Å². The van der Waals surface area contributed by atoms with Gasteiger partial charge in [0.2, 0.25) is 5.91 Å². The van der Waals surface area contributed by atoms with Gasteiger partial charge in [0.05, 0.1) is 13.2 Å². The Labute approximate surface area is 125 Å². The van der Waals surface area contributed by atoms with E-state index in [4.69, 9.17) is 9.47 Å². The standard InChI is InChI=1S/C16H23NO4/c1-12-16(19,9-10-21-12)11-17-15(18)8-5-13-3-6-14(20-2)7-4-13/h3-4,6-7,12,19H,5,8-11H2,1-2H3,(H,17,18). The second-order valence-corrected chi connectivity index (χ2v) is 5.49. The molecule has 0 saturated carbocycles. The average molecular weight is 293 g/mol. The van der Waals surface area contributed by atoms with E-state index >= 15 is 0 Å². The number of nitrogens with one attached hydrogen (secondary N) is 1. The van der Waals surface area contributed by atoms with Crippen molar-refractivity contribution in [1.29, 1.82) is 0 Å². The highest BCUT2D eigenvalue weighted by atomic mass is 16.5. The third-order valence-corrected chi connectivity index (χ3v) is 4.05. The van der Waals surface area contributed by atoms with Crippen molar-refractivity contribution < 1.29 is 19.4 Å². The van der Waals surface area contributed by atoms with Crippen molar-refractivity contribution in [3.63, 3.8) is 0 Å². The average Bonchev–Trinajstić information content (AvgIpc) is 2.83. The summed E-state index contributed by atoms with van der Waals surface area (Å²) in [6.07, 6.45) is 1.39. The molecule has 1 saturated heterocycles. The van der Waals surface area contributed by atoms with Crippen molar-refractivity contribution in [3.05, 3.63) is 29.8 Å². The Kier molecular flexibility index (Phi) is 5.20. The summed E-state index contributed by atoms with van der Waals surface area (Å²) < 4.78 is 10.4. The monoisotopic (exact) mass is 293 g/mol. The second kappa shape index (κ2) is 6.91. The lowest BCUT2D eigenvalue weighted by Crippen LogP contribution is -2.47. The van der Waals surface area contributed by atoms with Crippen LogP contribution in [0, 0.1) is 0 Å². The highest BCUT2D eigenvalue weighted by Crippen LogP contribution is 2.24. The molecular weight excluding hydrogens is 270 g/mol. The molecule has 1 aromatic rings. The zero-order valence-corrected chi connectivity index (χ0v) is 12.6. The second-order valence-electron chi connectivity index (χ2n) is 5.49. The summed E-state index contributed by atoms with van der Waals surface area (Å²) in [6.45, 7) is 2.62. The van der Waals surface area contributed by atoms with Gasteiger partial charge in [-0.1, -0.05) is 12.1 Å². The molecule has 0 aliphatic carbocycles. The minimum Gasteiger partial charge on any atom is -0.497 e. The lowest BCUT2D eigenvalue weighted by atomic mass is 9.96. The van der Waals surface area contributed by atoms with E-state index in [2.05, 4.69) is 5.32 Å². The van der Waals surface area contributed by atoms with Crippen LogP contribution in [0.3, 0.4) is 0 Å². The summed E-state index contributed by atoms with van der Waals surface area (Å²) >= 11 is 0. The molecule has 2 N–H and O–H groups in total. The number of carbonyl (C=O) groups excluding carboxylic acids is 1. The van der Waals surface area contributed by atoms with Gasteiger partial charge in [0.15, 0.2) is 0 Å². The summed E-state index contributed by atoms with van der Waals surface area (Å²) in [4.78, 5) is 11.9. The van der Waals surface area contributed by atoms with E-state index in [0.717, 1.165) is 11.3 Å². The van der Waals surface area contributed by atoms with E-state index in [-0.39, 0.29) is 18.6 Å². The highest BCUT2D eigenvalue weighted by molar-refractivity contribution is 5.76. The van der Waals surface area contributed by atoms with Crippen molar-refractivity contribution in [2.45, 2.75) is 37.9 Å². The molecule has 5 heteroatoms. The zero-order chi connectivity index (χ0) is 15.3. The van der Waals surface area contributed by atoms with Gasteiger partial charge in [-0.15, -0.1) is 0 Å². The summed E-state index contributed by atoms with van der Waals surface area (Å²) in [5.41, 5.74) is 0.151. The molecular formula is C16H23NO4. The van der Waals surface area contributed by atoms with Crippen molar-refractivity contribution >= 4 is 5.91 Å². The number of benzene rings is 1. The first-order valence-corrected chi connectivity index (χ1v) is 7.27. The molecule has 0 aromatic heterocycles. The molecule has 2 unspecified atom stereocenters. The first-order valence-electron chi connectivity index (χ1n) is 7.27. The molecule has 5 nitrogen and oxygen atoms in total. The smallest absolute Gasteiger partial charge is 0.220 e. The van der Waals surface area contributed by atoms with Gasteiger partial charge in [0.1, 0.15) is 11.4 Å². The van der Waals surface area contributed by atoms with Gasteiger partial charge in [-0.3, -0.25) is 4.79 Å². The fourth-order valence-electron chi connectivity index (χ4n) is 2.39. The predicted molar refractivity (Wildman–Crippen MR) is 79.3 cm³/mol. The lowest BCUT2D eigenvalue weighted by molar-refractivity contribution is -0.122. The lowest BCUT2D eigenvalue weighted by Gasteiger charge is -2.26. The number of rotatable bonds is 6. The van der Waals surface area contributed by atoms with Crippen LogP contribution in [0.15, 0.2) is 24.3 Å². The minimum atomic E-state index is -0.935. The fourth-order valence-corrected chi connectivity index (χ4v) is 2.39. The molecule has 116 valence electrons. The number of carbonyl (C=O) groups is 1. The molecule has 2 atom stereocenters. The van der Waals surface area contributed by atoms with Crippen LogP contribution in [-0.4, -0.2) is 43.0 Å². The van der Waals surface area contributed by atoms with Crippen LogP contribution < -0.4 is 10.1 Å². The summed E-state index contributed by atoms with van der Waals surface area (Å²) in [7, 11) is 1.63. The van der Waals surface area contributed by atoms with Crippen LogP contribution in [-0.2, 0) is 16.0 Å². The number of hydrogen-bond acceptors (Lipinski definition) is 4. The van der Waals surface area contributed by atoms with Gasteiger partial charge in [-0.2, -0.15) is 0 Å². The van der Waals surface area contributed by atoms with E-state index in [9.17, 15) is 9.90 Å². The molecule has 1 heterocycles. The minimum absolute atomic E-state index is 0.0571. The Morgan fingerprint density at radius 3 is 2.76 bits per heavy atom. The van der Waals surface area contributed by atoms with Crippen molar-refractivity contribution in [2.24, 2.45) is 0 Å². The van der Waals surface area contributed by atoms with Crippen LogP contribution >= 0.6 is 0 Å². The molecule has 0 spiro atoms. The topological polar surface area (TPSA) is 67.8 Å². The number of aliphatic hydroxyl groups is 1. The summed E-state index contributed by atoms with van der Waals surface area (Å²) in [5, 5.41) is 13.1. The number of ether oxygens (including phenoxy) is 2. The summed E-state index contributed by atoms with van der Waals surface area (Å²) in [5.74, 6) is 0.749. The molecule has 0 bridgehead atoms. The van der Waals surface area contributed by atoms with Crippen LogP contribution in [0.2, 0.25) is 0 Å². The van der Waals surface area contributed by atoms with Gasteiger partial charge < -0.3 is 19.9 Å². The molecule has 21 heavy (non-hydrogen) atoms. The maximum atomic E-state index is 11.9. The first kappa shape index (κ1) is 15.8. The van der Waals surface area contributed by atoms with E-state index < -0.39 is 5.60 Å². The Morgan fingerprint density at radius 1 is 1.48 bits per heavy atom. The zero-order valence-electron chi connectivity index (χ0n) is 12.6. The van der Waals surface area contributed by atoms with Crippen LogP contribution in [0.1, 0.15) is 25.3 Å². The van der Waals surface area contributed by atoms with Crippen molar-refractivity contribution in [1.82, 2.24) is 5.32 Å². The van der Waals surface area contributed by atoms with Gasteiger partial charge in [-0.25, -0.2) is 0 Å². The SMILES string of the molecule is COc1ccc(CCC(=O)NCC2(O)CCOC2C)cc1. The number of hydrogen-bond donors (Lipinski definition) is 2. The Hall–Kier alpha value is -1.59. The van der Waals surface area contributed by atoms with Crippen molar-refractivity contribution in [3.8, 4) is 5.75 Å². The van der Waals surface area contributed by atoms with Gasteiger partial charge in [0.25, 0.3) is 0 Å². The number of methoxy groups -OCH3 is 1. The quantitative estimate of drug-likeness (QED) is 0.829. The van der Waals surface area contributed by atoms with E-state index in [1.165, 1.54) is 0 Å². The van der Waals surface area contributed by atoms with E-state index in [1.807, 2.05) is 31.2 Å².